The minimum atomic E-state index is 0.339. The second kappa shape index (κ2) is 2.99. The smallest absolute Gasteiger partial charge is 0.187 e. The number of nitrogens with zero attached hydrogens (tertiary/aromatic N) is 2. The summed E-state index contributed by atoms with van der Waals surface area (Å²) >= 11 is 0. The van der Waals surface area contributed by atoms with Crippen LogP contribution in [0.5, 0.6) is 0 Å². The van der Waals surface area contributed by atoms with Gasteiger partial charge in [0.1, 0.15) is 0 Å². The minimum absolute atomic E-state index is 0.339. The highest BCUT2D eigenvalue weighted by atomic mass is 15.0. The van der Waals surface area contributed by atoms with Crippen LogP contribution in [-0.2, 0) is 6.54 Å². The van der Waals surface area contributed by atoms with E-state index in [9.17, 15) is 0 Å². The minimum Gasteiger partial charge on any atom is -0.252 e. The standard InChI is InChI=1S/C9H15N2/c1-9(2,3)8-11-6-4-10-5-7-11/h4-7H,8H2,1-3H3/q+1. The molecule has 1 aromatic rings. The summed E-state index contributed by atoms with van der Waals surface area (Å²) in [5.74, 6) is 0. The average Bonchev–Trinajstić information content (AvgIpc) is 1.85. The molecule has 1 rings (SSSR count). The maximum atomic E-state index is 3.95. The second-order valence-corrected chi connectivity index (χ2v) is 3.98. The van der Waals surface area contributed by atoms with Crippen LogP contribution < -0.4 is 4.57 Å². The van der Waals surface area contributed by atoms with E-state index in [1.54, 1.807) is 0 Å². The van der Waals surface area contributed by atoms with Gasteiger partial charge in [-0.1, -0.05) is 20.8 Å². The molecule has 0 spiro atoms. The van der Waals surface area contributed by atoms with Gasteiger partial charge in [0.05, 0.1) is 12.4 Å². The first kappa shape index (κ1) is 8.18. The van der Waals surface area contributed by atoms with Crippen LogP contribution in [-0.4, -0.2) is 4.98 Å². The molecule has 11 heavy (non-hydrogen) atoms. The molecule has 0 atom stereocenters. The number of rotatable bonds is 1. The Balaban J connectivity index is 2.66. The fourth-order valence-corrected chi connectivity index (χ4v) is 1.00. The molecule has 1 heterocycles. The molecule has 0 saturated carbocycles. The molecule has 0 aromatic carbocycles. The molecule has 0 aliphatic carbocycles. The van der Waals surface area contributed by atoms with Gasteiger partial charge in [-0.2, -0.15) is 0 Å². The van der Waals surface area contributed by atoms with Gasteiger partial charge in [0, 0.05) is 5.41 Å². The zero-order chi connectivity index (χ0) is 8.32. The van der Waals surface area contributed by atoms with Crippen LogP contribution in [0.2, 0.25) is 0 Å². The zero-order valence-corrected chi connectivity index (χ0v) is 7.41. The lowest BCUT2D eigenvalue weighted by Crippen LogP contribution is -2.39. The lowest BCUT2D eigenvalue weighted by atomic mass is 9.97. The fourth-order valence-electron chi connectivity index (χ4n) is 1.00. The van der Waals surface area contributed by atoms with E-state index in [1.807, 2.05) is 24.8 Å². The summed E-state index contributed by atoms with van der Waals surface area (Å²) in [5.41, 5.74) is 0.339. The Morgan fingerprint density at radius 1 is 1.18 bits per heavy atom. The van der Waals surface area contributed by atoms with Gasteiger partial charge >= 0.3 is 0 Å². The van der Waals surface area contributed by atoms with E-state index >= 15 is 0 Å². The monoisotopic (exact) mass is 151 g/mol. The van der Waals surface area contributed by atoms with Crippen molar-refractivity contribution in [1.29, 1.82) is 0 Å². The molecule has 0 saturated heterocycles. The van der Waals surface area contributed by atoms with Crippen LogP contribution in [0, 0.1) is 5.41 Å². The Kier molecular flexibility index (Phi) is 2.22. The Morgan fingerprint density at radius 2 is 1.73 bits per heavy atom. The lowest BCUT2D eigenvalue weighted by Gasteiger charge is -2.12. The summed E-state index contributed by atoms with van der Waals surface area (Å²) in [6.07, 6.45) is 7.61. The highest BCUT2D eigenvalue weighted by Crippen LogP contribution is 2.11. The Bertz CT molecular complexity index is 211. The van der Waals surface area contributed by atoms with Crippen molar-refractivity contribution in [3.8, 4) is 0 Å². The largest absolute Gasteiger partial charge is 0.252 e. The third kappa shape index (κ3) is 3.12. The average molecular weight is 151 g/mol. The van der Waals surface area contributed by atoms with Crippen LogP contribution >= 0.6 is 0 Å². The number of hydrogen-bond donors (Lipinski definition) is 0. The summed E-state index contributed by atoms with van der Waals surface area (Å²) in [5, 5.41) is 0. The molecule has 0 bridgehead atoms. The van der Waals surface area contributed by atoms with Crippen molar-refractivity contribution in [2.24, 2.45) is 5.41 Å². The predicted molar refractivity (Wildman–Crippen MR) is 43.9 cm³/mol. The van der Waals surface area contributed by atoms with Crippen molar-refractivity contribution >= 4 is 0 Å². The van der Waals surface area contributed by atoms with Crippen molar-refractivity contribution in [3.63, 3.8) is 0 Å². The quantitative estimate of drug-likeness (QED) is 0.555. The van der Waals surface area contributed by atoms with Gasteiger partial charge in [-0.25, -0.2) is 4.57 Å². The summed E-state index contributed by atoms with van der Waals surface area (Å²) < 4.78 is 2.15. The number of hydrogen-bond acceptors (Lipinski definition) is 1. The van der Waals surface area contributed by atoms with Crippen molar-refractivity contribution in [2.75, 3.05) is 0 Å². The van der Waals surface area contributed by atoms with Crippen LogP contribution in [0.4, 0.5) is 0 Å². The van der Waals surface area contributed by atoms with Crippen molar-refractivity contribution in [2.45, 2.75) is 27.3 Å². The SMILES string of the molecule is CC(C)(C)C[n+]1ccncc1. The molecule has 1 aromatic heterocycles. The maximum absolute atomic E-state index is 3.95. The van der Waals surface area contributed by atoms with E-state index < -0.39 is 0 Å². The lowest BCUT2D eigenvalue weighted by molar-refractivity contribution is -0.708. The topological polar surface area (TPSA) is 16.8 Å². The van der Waals surface area contributed by atoms with Crippen LogP contribution in [0.1, 0.15) is 20.8 Å². The fraction of sp³-hybridized carbons (Fsp3) is 0.556. The summed E-state index contributed by atoms with van der Waals surface area (Å²) in [6, 6.07) is 0. The molecule has 2 heteroatoms. The first-order valence-electron chi connectivity index (χ1n) is 3.87. The first-order valence-corrected chi connectivity index (χ1v) is 3.87. The zero-order valence-electron chi connectivity index (χ0n) is 7.41. The summed E-state index contributed by atoms with van der Waals surface area (Å²) in [6.45, 7) is 7.71. The Hall–Kier alpha value is -0.920. The van der Waals surface area contributed by atoms with Crippen molar-refractivity contribution in [3.05, 3.63) is 24.8 Å². The molecule has 60 valence electrons. The van der Waals surface area contributed by atoms with Crippen LogP contribution in [0.25, 0.3) is 0 Å². The van der Waals surface area contributed by atoms with Gasteiger partial charge in [0.15, 0.2) is 18.9 Å². The predicted octanol–water partition coefficient (Wildman–Crippen LogP) is 1.42. The van der Waals surface area contributed by atoms with Gasteiger partial charge in [-0.15, -0.1) is 0 Å². The molecular formula is C9H15N2+. The molecule has 0 N–H and O–H groups in total. The second-order valence-electron chi connectivity index (χ2n) is 3.98. The molecule has 0 unspecified atom stereocenters. The van der Waals surface area contributed by atoms with Crippen molar-refractivity contribution < 1.29 is 4.57 Å². The van der Waals surface area contributed by atoms with Gasteiger partial charge in [0.25, 0.3) is 0 Å². The van der Waals surface area contributed by atoms with Crippen LogP contribution in [0.15, 0.2) is 24.8 Å². The molecule has 0 amide bonds. The maximum Gasteiger partial charge on any atom is 0.187 e. The van der Waals surface area contributed by atoms with E-state index in [4.69, 9.17) is 0 Å². The third-order valence-corrected chi connectivity index (χ3v) is 1.35. The summed E-state index contributed by atoms with van der Waals surface area (Å²) in [7, 11) is 0. The van der Waals surface area contributed by atoms with Crippen molar-refractivity contribution in [1.82, 2.24) is 4.98 Å². The third-order valence-electron chi connectivity index (χ3n) is 1.35. The highest BCUT2D eigenvalue weighted by Gasteiger charge is 2.15. The van der Waals surface area contributed by atoms with Gasteiger partial charge in [-0.05, 0) is 0 Å². The van der Waals surface area contributed by atoms with Crippen LogP contribution in [0.3, 0.4) is 0 Å². The van der Waals surface area contributed by atoms with E-state index in [1.165, 1.54) is 0 Å². The van der Waals surface area contributed by atoms with Gasteiger partial charge in [-0.3, -0.25) is 4.98 Å². The Morgan fingerprint density at radius 3 is 2.18 bits per heavy atom. The normalized spacial score (nSPS) is 11.5. The van der Waals surface area contributed by atoms with Gasteiger partial charge < -0.3 is 0 Å². The van der Waals surface area contributed by atoms with E-state index in [0.29, 0.717) is 5.41 Å². The van der Waals surface area contributed by atoms with E-state index in [0.717, 1.165) is 6.54 Å². The summed E-state index contributed by atoms with van der Waals surface area (Å²) in [4.78, 5) is 3.95. The molecule has 0 aliphatic heterocycles. The molecule has 0 aliphatic rings. The first-order chi connectivity index (χ1) is 5.08. The molecule has 0 fully saturated rings. The Labute approximate surface area is 67.9 Å². The molecule has 2 nitrogen and oxygen atoms in total. The highest BCUT2D eigenvalue weighted by molar-refractivity contribution is 4.64. The molecular weight excluding hydrogens is 136 g/mol. The van der Waals surface area contributed by atoms with Gasteiger partial charge in [0.2, 0.25) is 0 Å². The van der Waals surface area contributed by atoms with E-state index in [2.05, 4.69) is 30.3 Å². The van der Waals surface area contributed by atoms with E-state index in [-0.39, 0.29) is 0 Å². The molecule has 0 radical (unpaired) electrons. The number of aromatic nitrogens is 2.